The molecule has 2 amide bonds. The Hall–Kier alpha value is -1.97. The van der Waals surface area contributed by atoms with E-state index in [1.807, 2.05) is 4.90 Å². The summed E-state index contributed by atoms with van der Waals surface area (Å²) in [4.78, 5) is 29.1. The predicted octanol–water partition coefficient (Wildman–Crippen LogP) is 1.50. The van der Waals surface area contributed by atoms with Gasteiger partial charge in [0.15, 0.2) is 0 Å². The monoisotopic (exact) mass is 435 g/mol. The SMILES string of the molecule is NS(=O)(=O)c1ccc(C(=O)N2CCC(OC3CCN(C4CCCC4)C3=O)CC2)cc1. The van der Waals surface area contributed by atoms with E-state index in [9.17, 15) is 18.0 Å². The summed E-state index contributed by atoms with van der Waals surface area (Å²) >= 11 is 0. The molecule has 164 valence electrons. The van der Waals surface area contributed by atoms with E-state index in [1.165, 1.54) is 37.1 Å². The van der Waals surface area contributed by atoms with Gasteiger partial charge in [-0.15, -0.1) is 0 Å². The average molecular weight is 436 g/mol. The highest BCUT2D eigenvalue weighted by Gasteiger charge is 2.39. The van der Waals surface area contributed by atoms with Gasteiger partial charge >= 0.3 is 0 Å². The van der Waals surface area contributed by atoms with Crippen LogP contribution in [0.1, 0.15) is 55.3 Å². The maximum Gasteiger partial charge on any atom is 0.253 e. The van der Waals surface area contributed by atoms with Crippen LogP contribution in [-0.2, 0) is 19.6 Å². The molecule has 2 aliphatic heterocycles. The van der Waals surface area contributed by atoms with E-state index in [0.717, 1.165) is 25.8 Å². The van der Waals surface area contributed by atoms with Gasteiger partial charge in [-0.2, -0.15) is 0 Å². The maximum absolute atomic E-state index is 12.7. The largest absolute Gasteiger partial charge is 0.365 e. The number of nitrogens with two attached hydrogens (primary N) is 1. The quantitative estimate of drug-likeness (QED) is 0.754. The maximum atomic E-state index is 12.7. The number of amides is 2. The molecule has 1 aliphatic carbocycles. The van der Waals surface area contributed by atoms with Gasteiger partial charge < -0.3 is 14.5 Å². The van der Waals surface area contributed by atoms with E-state index >= 15 is 0 Å². The van der Waals surface area contributed by atoms with Crippen LogP contribution >= 0.6 is 0 Å². The lowest BCUT2D eigenvalue weighted by molar-refractivity contribution is -0.143. The van der Waals surface area contributed by atoms with E-state index in [4.69, 9.17) is 9.88 Å². The van der Waals surface area contributed by atoms with E-state index in [-0.39, 0.29) is 28.9 Å². The van der Waals surface area contributed by atoms with Crippen LogP contribution in [0.3, 0.4) is 0 Å². The van der Waals surface area contributed by atoms with Gasteiger partial charge in [-0.05, 0) is 49.9 Å². The number of rotatable bonds is 5. The topological polar surface area (TPSA) is 110 Å². The third-order valence-electron chi connectivity index (χ3n) is 6.47. The molecule has 0 bridgehead atoms. The third kappa shape index (κ3) is 4.53. The van der Waals surface area contributed by atoms with E-state index in [2.05, 4.69) is 0 Å². The van der Waals surface area contributed by atoms with Crippen molar-refractivity contribution >= 4 is 21.8 Å². The molecule has 2 heterocycles. The Morgan fingerprint density at radius 3 is 2.20 bits per heavy atom. The molecule has 2 saturated heterocycles. The molecule has 30 heavy (non-hydrogen) atoms. The van der Waals surface area contributed by atoms with Gasteiger partial charge in [-0.25, -0.2) is 13.6 Å². The molecule has 2 N–H and O–H groups in total. The Morgan fingerprint density at radius 2 is 1.60 bits per heavy atom. The fourth-order valence-corrected chi connectivity index (χ4v) is 5.29. The molecule has 0 radical (unpaired) electrons. The van der Waals surface area contributed by atoms with Crippen molar-refractivity contribution in [2.24, 2.45) is 5.14 Å². The van der Waals surface area contributed by atoms with Gasteiger partial charge in [0, 0.05) is 37.7 Å². The van der Waals surface area contributed by atoms with E-state index in [1.54, 1.807) is 4.90 Å². The van der Waals surface area contributed by atoms with Crippen molar-refractivity contribution in [1.82, 2.24) is 9.80 Å². The fraction of sp³-hybridized carbons (Fsp3) is 0.619. The van der Waals surface area contributed by atoms with Crippen molar-refractivity contribution in [2.45, 2.75) is 68.1 Å². The number of piperidine rings is 1. The number of sulfonamides is 1. The first-order valence-electron chi connectivity index (χ1n) is 10.7. The van der Waals surface area contributed by atoms with E-state index < -0.39 is 10.0 Å². The third-order valence-corrected chi connectivity index (χ3v) is 7.40. The molecule has 1 saturated carbocycles. The molecular weight excluding hydrogens is 406 g/mol. The van der Waals surface area contributed by atoms with Gasteiger partial charge in [0.1, 0.15) is 6.10 Å². The van der Waals surface area contributed by atoms with Crippen LogP contribution in [0.4, 0.5) is 0 Å². The highest BCUT2D eigenvalue weighted by Crippen LogP contribution is 2.29. The average Bonchev–Trinajstić information content (AvgIpc) is 3.38. The van der Waals surface area contributed by atoms with Gasteiger partial charge in [-0.3, -0.25) is 9.59 Å². The highest BCUT2D eigenvalue weighted by molar-refractivity contribution is 7.89. The molecule has 3 fully saturated rings. The van der Waals surface area contributed by atoms with Crippen molar-refractivity contribution in [3.63, 3.8) is 0 Å². The van der Waals surface area contributed by atoms with Crippen molar-refractivity contribution in [1.29, 1.82) is 0 Å². The summed E-state index contributed by atoms with van der Waals surface area (Å²) in [5.74, 6) is -0.00544. The Labute approximate surface area is 177 Å². The summed E-state index contributed by atoms with van der Waals surface area (Å²) in [6.07, 6.45) is 6.40. The standard InChI is InChI=1S/C21H29N3O5S/c22-30(27,28)18-7-5-15(6-8-18)20(25)23-12-9-17(10-13-23)29-19-11-14-24(21(19)26)16-3-1-2-4-16/h5-8,16-17,19H,1-4,9-14H2,(H2,22,27,28). The Bertz CT molecular complexity index is 888. The molecular formula is C21H29N3O5S. The van der Waals surface area contributed by atoms with Crippen LogP contribution < -0.4 is 5.14 Å². The minimum absolute atomic E-state index is 0.0148. The number of likely N-dealkylation sites (tertiary alicyclic amines) is 2. The lowest BCUT2D eigenvalue weighted by Gasteiger charge is -2.33. The van der Waals surface area contributed by atoms with Gasteiger partial charge in [0.2, 0.25) is 10.0 Å². The van der Waals surface area contributed by atoms with Crippen molar-refractivity contribution in [3.05, 3.63) is 29.8 Å². The lowest BCUT2D eigenvalue weighted by atomic mass is 10.1. The molecule has 1 unspecified atom stereocenters. The number of hydrogen-bond acceptors (Lipinski definition) is 5. The summed E-state index contributed by atoms with van der Waals surface area (Å²) in [6.45, 7) is 1.89. The zero-order valence-corrected chi connectivity index (χ0v) is 17.9. The van der Waals surface area contributed by atoms with Crippen molar-refractivity contribution in [2.75, 3.05) is 19.6 Å². The first kappa shape index (κ1) is 21.3. The van der Waals surface area contributed by atoms with Crippen LogP contribution in [0, 0.1) is 0 Å². The Morgan fingerprint density at radius 1 is 0.967 bits per heavy atom. The lowest BCUT2D eigenvalue weighted by Crippen LogP contribution is -2.43. The second kappa shape index (κ2) is 8.64. The summed E-state index contributed by atoms with van der Waals surface area (Å²) in [5, 5.41) is 5.10. The number of ether oxygens (including phenoxy) is 1. The number of nitrogens with zero attached hydrogens (tertiary/aromatic N) is 2. The molecule has 4 rings (SSSR count). The summed E-state index contributed by atoms with van der Waals surface area (Å²) < 4.78 is 28.8. The minimum Gasteiger partial charge on any atom is -0.365 e. The van der Waals surface area contributed by atoms with Crippen molar-refractivity contribution < 1.29 is 22.7 Å². The first-order chi connectivity index (χ1) is 14.3. The molecule has 1 aromatic carbocycles. The van der Waals surface area contributed by atoms with E-state index in [0.29, 0.717) is 37.5 Å². The predicted molar refractivity (Wildman–Crippen MR) is 110 cm³/mol. The highest BCUT2D eigenvalue weighted by atomic mass is 32.2. The summed E-state index contributed by atoms with van der Waals surface area (Å²) in [5.41, 5.74) is 0.431. The minimum atomic E-state index is -3.78. The molecule has 1 aromatic rings. The zero-order chi connectivity index (χ0) is 21.3. The number of carbonyl (C=O) groups excluding carboxylic acids is 2. The smallest absolute Gasteiger partial charge is 0.253 e. The fourth-order valence-electron chi connectivity index (χ4n) is 4.78. The van der Waals surface area contributed by atoms with Crippen LogP contribution in [0.25, 0.3) is 0 Å². The van der Waals surface area contributed by atoms with Gasteiger partial charge in [0.25, 0.3) is 11.8 Å². The van der Waals surface area contributed by atoms with Crippen LogP contribution in [0.15, 0.2) is 29.2 Å². The Kier molecular flexibility index (Phi) is 6.13. The second-order valence-electron chi connectivity index (χ2n) is 8.44. The molecule has 0 spiro atoms. The normalized spacial score (nSPS) is 24.0. The number of hydrogen-bond donors (Lipinski definition) is 1. The summed E-state index contributed by atoms with van der Waals surface area (Å²) in [6, 6.07) is 6.06. The molecule has 9 heteroatoms. The summed E-state index contributed by atoms with van der Waals surface area (Å²) in [7, 11) is -3.78. The molecule has 1 atom stereocenters. The molecule has 3 aliphatic rings. The van der Waals surface area contributed by atoms with Crippen LogP contribution in [0.2, 0.25) is 0 Å². The van der Waals surface area contributed by atoms with Gasteiger partial charge in [0.05, 0.1) is 11.0 Å². The number of benzene rings is 1. The second-order valence-corrected chi connectivity index (χ2v) is 10.0. The zero-order valence-electron chi connectivity index (χ0n) is 17.0. The molecule has 8 nitrogen and oxygen atoms in total. The Balaban J connectivity index is 1.28. The molecule has 0 aromatic heterocycles. The first-order valence-corrected chi connectivity index (χ1v) is 12.3. The van der Waals surface area contributed by atoms with Crippen LogP contribution in [0.5, 0.6) is 0 Å². The van der Waals surface area contributed by atoms with Crippen LogP contribution in [-0.4, -0.2) is 67.9 Å². The van der Waals surface area contributed by atoms with Gasteiger partial charge in [-0.1, -0.05) is 12.8 Å². The number of carbonyl (C=O) groups is 2. The van der Waals surface area contributed by atoms with Crippen molar-refractivity contribution in [3.8, 4) is 0 Å². The number of primary sulfonamides is 1.